The number of hydrogen-bond acceptors (Lipinski definition) is 4. The summed E-state index contributed by atoms with van der Waals surface area (Å²) in [5, 5.41) is 0. The molecule has 7 heteroatoms. The van der Waals surface area contributed by atoms with Gasteiger partial charge in [0.05, 0.1) is 5.69 Å². The minimum Gasteiger partial charge on any atom is -0.395 e. The van der Waals surface area contributed by atoms with Gasteiger partial charge in [-0.05, 0) is 24.8 Å². The summed E-state index contributed by atoms with van der Waals surface area (Å²) < 4.78 is 39.7. The monoisotopic (exact) mass is 292 g/mol. The largest absolute Gasteiger partial charge is 0.395 e. The van der Waals surface area contributed by atoms with Crippen molar-refractivity contribution >= 4 is 27.5 Å². The summed E-state index contributed by atoms with van der Waals surface area (Å²) in [5.74, 6) is 0.840. The topological polar surface area (TPSA) is 72.2 Å². The lowest BCUT2D eigenvalue weighted by Gasteiger charge is -2.14. The van der Waals surface area contributed by atoms with Crippen LogP contribution in [0, 0.1) is 5.82 Å². The standard InChI is InChI=1S/C11H17FN2O2S2/c1-3-17-7-8(2)14-18(15,16)10-6-4-5-9(12)11(10)13/h4-6,8,14H,3,7,13H2,1-2H3. The van der Waals surface area contributed by atoms with Crippen molar-refractivity contribution in [2.75, 3.05) is 17.2 Å². The van der Waals surface area contributed by atoms with Gasteiger partial charge < -0.3 is 5.73 Å². The second-order valence-corrected chi connectivity index (χ2v) is 6.83. The third-order valence-corrected chi connectivity index (χ3v) is 5.02. The Morgan fingerprint density at radius 3 is 2.78 bits per heavy atom. The third-order valence-electron chi connectivity index (χ3n) is 2.23. The molecule has 0 saturated carbocycles. The van der Waals surface area contributed by atoms with Gasteiger partial charge in [-0.2, -0.15) is 11.8 Å². The smallest absolute Gasteiger partial charge is 0.242 e. The van der Waals surface area contributed by atoms with Crippen molar-refractivity contribution in [3.63, 3.8) is 0 Å². The zero-order valence-corrected chi connectivity index (χ0v) is 11.9. The average molecular weight is 292 g/mol. The highest BCUT2D eigenvalue weighted by Gasteiger charge is 2.21. The molecule has 0 spiro atoms. The number of nitrogens with two attached hydrogens (primary N) is 1. The van der Waals surface area contributed by atoms with Gasteiger partial charge >= 0.3 is 0 Å². The number of hydrogen-bond donors (Lipinski definition) is 2. The Labute approximate surface area is 111 Å². The normalized spacial score (nSPS) is 13.5. The van der Waals surface area contributed by atoms with Crippen LogP contribution in [0.4, 0.5) is 10.1 Å². The zero-order chi connectivity index (χ0) is 13.8. The maximum Gasteiger partial charge on any atom is 0.242 e. The average Bonchev–Trinajstić information content (AvgIpc) is 2.29. The lowest BCUT2D eigenvalue weighted by atomic mass is 10.3. The number of sulfonamides is 1. The molecule has 1 aromatic rings. The highest BCUT2D eigenvalue weighted by atomic mass is 32.2. The molecule has 0 saturated heterocycles. The second-order valence-electron chi connectivity index (χ2n) is 3.83. The molecule has 0 aromatic heterocycles. The molecular formula is C11H17FN2O2S2. The fourth-order valence-electron chi connectivity index (χ4n) is 1.41. The van der Waals surface area contributed by atoms with Crippen molar-refractivity contribution < 1.29 is 12.8 Å². The van der Waals surface area contributed by atoms with Crippen molar-refractivity contribution in [3.8, 4) is 0 Å². The summed E-state index contributed by atoms with van der Waals surface area (Å²) in [4.78, 5) is -0.212. The van der Waals surface area contributed by atoms with E-state index in [1.54, 1.807) is 18.7 Å². The fourth-order valence-corrected chi connectivity index (χ4v) is 3.57. The van der Waals surface area contributed by atoms with Crippen LogP contribution < -0.4 is 10.5 Å². The van der Waals surface area contributed by atoms with Gasteiger partial charge in [-0.3, -0.25) is 0 Å². The van der Waals surface area contributed by atoms with Crippen molar-refractivity contribution in [2.24, 2.45) is 0 Å². The van der Waals surface area contributed by atoms with E-state index in [9.17, 15) is 12.8 Å². The number of benzene rings is 1. The van der Waals surface area contributed by atoms with Crippen LogP contribution in [-0.2, 0) is 10.0 Å². The molecule has 1 atom stereocenters. The lowest BCUT2D eigenvalue weighted by molar-refractivity contribution is 0.569. The summed E-state index contributed by atoms with van der Waals surface area (Å²) in [6, 6.07) is 3.51. The first-order valence-electron chi connectivity index (χ1n) is 5.52. The predicted molar refractivity (Wildman–Crippen MR) is 73.6 cm³/mol. The van der Waals surface area contributed by atoms with E-state index in [4.69, 9.17) is 5.73 Å². The number of thioether (sulfide) groups is 1. The quantitative estimate of drug-likeness (QED) is 0.785. The highest BCUT2D eigenvalue weighted by molar-refractivity contribution is 7.99. The van der Waals surface area contributed by atoms with E-state index >= 15 is 0 Å². The maximum atomic E-state index is 13.2. The first-order chi connectivity index (χ1) is 8.38. The Morgan fingerprint density at radius 1 is 1.50 bits per heavy atom. The molecule has 18 heavy (non-hydrogen) atoms. The minimum absolute atomic E-state index is 0.212. The number of anilines is 1. The first kappa shape index (κ1) is 15.3. The number of nitrogens with one attached hydrogen (secondary N) is 1. The maximum absolute atomic E-state index is 13.2. The molecule has 0 radical (unpaired) electrons. The molecule has 0 bridgehead atoms. The molecule has 1 unspecified atom stereocenters. The Bertz CT molecular complexity index is 506. The molecule has 0 heterocycles. The Kier molecular flexibility index (Phi) is 5.43. The van der Waals surface area contributed by atoms with Gasteiger partial charge in [-0.15, -0.1) is 0 Å². The molecule has 102 valence electrons. The fraction of sp³-hybridized carbons (Fsp3) is 0.455. The van der Waals surface area contributed by atoms with Gasteiger partial charge in [0.15, 0.2) is 0 Å². The van der Waals surface area contributed by atoms with Crippen LogP contribution in [0.2, 0.25) is 0 Å². The van der Waals surface area contributed by atoms with Crippen molar-refractivity contribution in [2.45, 2.75) is 24.8 Å². The number of rotatable bonds is 6. The zero-order valence-electron chi connectivity index (χ0n) is 10.3. The SMILES string of the molecule is CCSCC(C)NS(=O)(=O)c1cccc(F)c1N. The van der Waals surface area contributed by atoms with E-state index in [0.717, 1.165) is 11.8 Å². The number of halogens is 1. The molecule has 1 aromatic carbocycles. The van der Waals surface area contributed by atoms with Crippen LogP contribution in [0.15, 0.2) is 23.1 Å². The van der Waals surface area contributed by atoms with Crippen molar-refractivity contribution in [1.82, 2.24) is 4.72 Å². The van der Waals surface area contributed by atoms with Crippen molar-refractivity contribution in [1.29, 1.82) is 0 Å². The number of para-hydroxylation sites is 1. The van der Waals surface area contributed by atoms with Crippen LogP contribution in [0.25, 0.3) is 0 Å². The summed E-state index contributed by atoms with van der Waals surface area (Å²) >= 11 is 1.63. The van der Waals surface area contributed by atoms with Crippen LogP contribution in [0.3, 0.4) is 0 Å². The van der Waals surface area contributed by atoms with Gasteiger partial charge in [-0.1, -0.05) is 13.0 Å². The Morgan fingerprint density at radius 2 is 2.17 bits per heavy atom. The minimum atomic E-state index is -3.77. The molecule has 1 rings (SSSR count). The van der Waals surface area contributed by atoms with Gasteiger partial charge in [0.25, 0.3) is 0 Å². The summed E-state index contributed by atoms with van der Waals surface area (Å²) in [6.07, 6.45) is 0. The van der Waals surface area contributed by atoms with Crippen LogP contribution in [0.1, 0.15) is 13.8 Å². The summed E-state index contributed by atoms with van der Waals surface area (Å²) in [6.45, 7) is 3.76. The van der Waals surface area contributed by atoms with E-state index in [1.807, 2.05) is 6.92 Å². The molecule has 4 nitrogen and oxygen atoms in total. The molecule has 0 aliphatic heterocycles. The van der Waals surface area contributed by atoms with Gasteiger partial charge in [0.2, 0.25) is 10.0 Å². The molecule has 0 amide bonds. The Balaban J connectivity index is 2.90. The van der Waals surface area contributed by atoms with Crippen molar-refractivity contribution in [3.05, 3.63) is 24.0 Å². The lowest BCUT2D eigenvalue weighted by Crippen LogP contribution is -2.34. The van der Waals surface area contributed by atoms with Crippen LogP contribution in [-0.4, -0.2) is 26.0 Å². The predicted octanol–water partition coefficient (Wildman–Crippen LogP) is 1.83. The summed E-state index contributed by atoms with van der Waals surface area (Å²) in [5.41, 5.74) is 5.10. The molecule has 0 aliphatic carbocycles. The van der Waals surface area contributed by atoms with Gasteiger partial charge in [0.1, 0.15) is 10.7 Å². The van der Waals surface area contributed by atoms with E-state index in [2.05, 4.69) is 4.72 Å². The summed E-state index contributed by atoms with van der Waals surface area (Å²) in [7, 11) is -3.77. The molecule has 0 aliphatic rings. The number of nitrogen functional groups attached to an aromatic ring is 1. The first-order valence-corrected chi connectivity index (χ1v) is 8.16. The second kappa shape index (κ2) is 6.40. The Hall–Kier alpha value is -0.790. The van der Waals surface area contributed by atoms with Crippen LogP contribution in [0.5, 0.6) is 0 Å². The van der Waals surface area contributed by atoms with E-state index in [1.165, 1.54) is 12.1 Å². The van der Waals surface area contributed by atoms with E-state index in [0.29, 0.717) is 5.75 Å². The third kappa shape index (κ3) is 3.86. The van der Waals surface area contributed by atoms with Gasteiger partial charge in [-0.25, -0.2) is 17.5 Å². The van der Waals surface area contributed by atoms with Crippen LogP contribution >= 0.6 is 11.8 Å². The van der Waals surface area contributed by atoms with E-state index in [-0.39, 0.29) is 16.6 Å². The molecule has 3 N–H and O–H groups in total. The molecular weight excluding hydrogens is 275 g/mol. The molecule has 0 fully saturated rings. The van der Waals surface area contributed by atoms with E-state index < -0.39 is 15.8 Å². The highest BCUT2D eigenvalue weighted by Crippen LogP contribution is 2.21. The van der Waals surface area contributed by atoms with Gasteiger partial charge in [0, 0.05) is 11.8 Å².